The average molecular weight is 348 g/mol. The third-order valence-electron chi connectivity index (χ3n) is 7.35. The van der Waals surface area contributed by atoms with Crippen LogP contribution in [-0.2, 0) is 14.3 Å². The summed E-state index contributed by atoms with van der Waals surface area (Å²) >= 11 is 0. The molecule has 0 radical (unpaired) electrons. The first-order valence-electron chi connectivity index (χ1n) is 9.27. The highest BCUT2D eigenvalue weighted by Crippen LogP contribution is 2.63. The summed E-state index contributed by atoms with van der Waals surface area (Å²) in [7, 11) is 0. The lowest BCUT2D eigenvalue weighted by Crippen LogP contribution is -2.56. The van der Waals surface area contributed by atoms with Crippen LogP contribution < -0.4 is 0 Å². The van der Waals surface area contributed by atoms with E-state index in [0.29, 0.717) is 18.4 Å². The van der Waals surface area contributed by atoms with Gasteiger partial charge in [0, 0.05) is 17.1 Å². The van der Waals surface area contributed by atoms with E-state index in [-0.39, 0.29) is 10.8 Å². The Morgan fingerprint density at radius 2 is 1.88 bits per heavy atom. The molecule has 2 aliphatic carbocycles. The van der Waals surface area contributed by atoms with Crippen molar-refractivity contribution in [2.75, 3.05) is 0 Å². The van der Waals surface area contributed by atoms with Crippen LogP contribution in [-0.4, -0.2) is 40.3 Å². The van der Waals surface area contributed by atoms with Gasteiger partial charge in [-0.2, -0.15) is 0 Å². The van der Waals surface area contributed by atoms with Gasteiger partial charge in [0.15, 0.2) is 0 Å². The third kappa shape index (κ3) is 2.22. The molecular weight excluding hydrogens is 320 g/mol. The van der Waals surface area contributed by atoms with Gasteiger partial charge in [-0.1, -0.05) is 31.9 Å². The maximum Gasteiger partial charge on any atom is 0.333 e. The van der Waals surface area contributed by atoms with Crippen LogP contribution in [0.5, 0.6) is 0 Å². The first kappa shape index (κ1) is 17.3. The second-order valence-electron chi connectivity index (χ2n) is 9.10. The van der Waals surface area contributed by atoms with Crippen LogP contribution in [0.1, 0.15) is 59.8 Å². The zero-order chi connectivity index (χ0) is 18.2. The molecular formula is C20H28O5. The van der Waals surface area contributed by atoms with Crippen molar-refractivity contribution in [3.05, 3.63) is 22.8 Å². The molecule has 0 aromatic rings. The van der Waals surface area contributed by atoms with Crippen LogP contribution >= 0.6 is 0 Å². The minimum absolute atomic E-state index is 0.0994. The monoisotopic (exact) mass is 348 g/mol. The first-order valence-corrected chi connectivity index (χ1v) is 9.27. The number of hydrogen-bond acceptors (Lipinski definition) is 5. The van der Waals surface area contributed by atoms with Crippen LogP contribution in [0.3, 0.4) is 0 Å². The molecule has 138 valence electrons. The smallest absolute Gasteiger partial charge is 0.333 e. The Morgan fingerprint density at radius 1 is 1.16 bits per heavy atom. The van der Waals surface area contributed by atoms with E-state index in [4.69, 9.17) is 9.47 Å². The summed E-state index contributed by atoms with van der Waals surface area (Å²) in [5.74, 6) is -0.532. The Balaban J connectivity index is 1.78. The summed E-state index contributed by atoms with van der Waals surface area (Å²) < 4.78 is 11.2. The van der Waals surface area contributed by atoms with Gasteiger partial charge in [-0.15, -0.1) is 0 Å². The summed E-state index contributed by atoms with van der Waals surface area (Å²) in [5, 5.41) is 21.1. The number of fused-ring (bicyclic) bond motifs is 2. The van der Waals surface area contributed by atoms with Crippen LogP contribution in [0.4, 0.5) is 0 Å². The fraction of sp³-hybridized carbons (Fsp3) is 0.750. The molecule has 5 atom stereocenters. The van der Waals surface area contributed by atoms with Gasteiger partial charge in [-0.3, -0.25) is 0 Å². The Labute approximate surface area is 148 Å². The van der Waals surface area contributed by atoms with E-state index in [1.807, 2.05) is 6.92 Å². The topological polar surface area (TPSA) is 76.0 Å². The highest BCUT2D eigenvalue weighted by atomic mass is 16.6. The van der Waals surface area contributed by atoms with Crippen molar-refractivity contribution in [3.63, 3.8) is 0 Å². The molecule has 4 rings (SSSR count). The van der Waals surface area contributed by atoms with Crippen molar-refractivity contribution in [2.24, 2.45) is 10.8 Å². The van der Waals surface area contributed by atoms with Gasteiger partial charge in [-0.25, -0.2) is 4.79 Å². The van der Waals surface area contributed by atoms with E-state index in [1.54, 1.807) is 0 Å². The third-order valence-corrected chi connectivity index (χ3v) is 7.35. The standard InChI is InChI=1S/C20H28O5/c1-18(2)7-5-6-12-13(18)9-15(21)20(4)19(12,3)10-14(25-20)11-8-16(22)24-17(11)23/h8,14-15,17,21,23H,5-7,9-10H2,1-4H3/t14-,15+,17?,19-,20+/m1/s1. The quantitative estimate of drug-likeness (QED) is 0.563. The largest absolute Gasteiger partial charge is 0.429 e. The van der Waals surface area contributed by atoms with Crippen molar-refractivity contribution < 1.29 is 24.5 Å². The van der Waals surface area contributed by atoms with Gasteiger partial charge in [0.2, 0.25) is 6.29 Å². The molecule has 1 fully saturated rings. The van der Waals surface area contributed by atoms with Crippen LogP contribution in [0, 0.1) is 10.8 Å². The van der Waals surface area contributed by atoms with Gasteiger partial charge in [0.25, 0.3) is 0 Å². The van der Waals surface area contributed by atoms with Crippen LogP contribution in [0.2, 0.25) is 0 Å². The average Bonchev–Trinajstić information content (AvgIpc) is 2.99. The van der Waals surface area contributed by atoms with Crippen molar-refractivity contribution in [1.29, 1.82) is 0 Å². The number of hydrogen-bond donors (Lipinski definition) is 2. The second kappa shape index (κ2) is 5.18. The molecule has 0 amide bonds. The lowest BCUT2D eigenvalue weighted by molar-refractivity contribution is -0.156. The highest BCUT2D eigenvalue weighted by molar-refractivity contribution is 5.85. The predicted molar refractivity (Wildman–Crippen MR) is 91.5 cm³/mol. The maximum absolute atomic E-state index is 11.5. The fourth-order valence-corrected chi connectivity index (χ4v) is 5.58. The lowest BCUT2D eigenvalue weighted by Gasteiger charge is -2.53. The number of aliphatic hydroxyl groups excluding tert-OH is 2. The molecule has 0 aromatic heterocycles. The van der Waals surface area contributed by atoms with Gasteiger partial charge in [-0.05, 0) is 44.4 Å². The molecule has 2 N–H and O–H groups in total. The Bertz CT molecular complexity index is 690. The number of ether oxygens (including phenoxy) is 2. The Hall–Kier alpha value is -1.17. The molecule has 1 saturated heterocycles. The lowest BCUT2D eigenvalue weighted by atomic mass is 9.54. The normalized spacial score (nSPS) is 45.8. The maximum atomic E-state index is 11.5. The molecule has 2 heterocycles. The summed E-state index contributed by atoms with van der Waals surface area (Å²) in [6, 6.07) is 0. The van der Waals surface area contributed by atoms with E-state index in [9.17, 15) is 15.0 Å². The van der Waals surface area contributed by atoms with Crippen molar-refractivity contribution >= 4 is 5.97 Å². The molecule has 25 heavy (non-hydrogen) atoms. The highest BCUT2D eigenvalue weighted by Gasteiger charge is 2.64. The second-order valence-corrected chi connectivity index (χ2v) is 9.10. The SMILES string of the molecule is CC1(C)CCCC2=C1C[C@H](O)[C@]1(C)O[C@@H](C3=CC(=O)OC3O)C[C@]21C. The molecule has 0 bridgehead atoms. The minimum Gasteiger partial charge on any atom is -0.429 e. The van der Waals surface area contributed by atoms with Gasteiger partial charge >= 0.3 is 5.97 Å². The van der Waals surface area contributed by atoms with E-state index in [1.165, 1.54) is 17.2 Å². The molecule has 0 aromatic carbocycles. The van der Waals surface area contributed by atoms with Gasteiger partial charge in [0.1, 0.15) is 5.60 Å². The van der Waals surface area contributed by atoms with E-state index < -0.39 is 30.1 Å². The summed E-state index contributed by atoms with van der Waals surface area (Å²) in [4.78, 5) is 11.5. The Morgan fingerprint density at radius 3 is 2.52 bits per heavy atom. The zero-order valence-electron chi connectivity index (χ0n) is 15.5. The summed E-state index contributed by atoms with van der Waals surface area (Å²) in [5.41, 5.74) is 2.33. The van der Waals surface area contributed by atoms with E-state index in [2.05, 4.69) is 20.8 Å². The van der Waals surface area contributed by atoms with E-state index in [0.717, 1.165) is 19.3 Å². The predicted octanol–water partition coefficient (Wildman–Crippen LogP) is 2.61. The number of rotatable bonds is 1. The molecule has 1 unspecified atom stereocenters. The molecule has 0 spiro atoms. The summed E-state index contributed by atoms with van der Waals surface area (Å²) in [6.45, 7) is 8.69. The Kier molecular flexibility index (Phi) is 3.57. The fourth-order valence-electron chi connectivity index (χ4n) is 5.58. The van der Waals surface area contributed by atoms with Gasteiger partial charge < -0.3 is 19.7 Å². The van der Waals surface area contributed by atoms with Crippen LogP contribution in [0.25, 0.3) is 0 Å². The molecule has 5 nitrogen and oxygen atoms in total. The van der Waals surface area contributed by atoms with E-state index >= 15 is 0 Å². The molecule has 0 saturated carbocycles. The first-order chi connectivity index (χ1) is 11.6. The van der Waals surface area contributed by atoms with Crippen molar-refractivity contribution in [3.8, 4) is 0 Å². The number of esters is 1. The number of carbonyl (C=O) groups is 1. The zero-order valence-corrected chi connectivity index (χ0v) is 15.5. The van der Waals surface area contributed by atoms with Crippen molar-refractivity contribution in [2.45, 2.75) is 83.9 Å². The molecule has 4 aliphatic rings. The summed E-state index contributed by atoms with van der Waals surface area (Å²) in [6.07, 6.45) is 3.69. The van der Waals surface area contributed by atoms with Crippen LogP contribution in [0.15, 0.2) is 22.8 Å². The van der Waals surface area contributed by atoms with Gasteiger partial charge in [0.05, 0.1) is 12.2 Å². The number of carbonyl (C=O) groups excluding carboxylic acids is 1. The number of cyclic esters (lactones) is 1. The number of aliphatic hydroxyl groups is 2. The minimum atomic E-state index is -1.24. The molecule has 5 heteroatoms. The van der Waals surface area contributed by atoms with Crippen molar-refractivity contribution in [1.82, 2.24) is 0 Å². The molecule has 2 aliphatic heterocycles.